The molecule has 2 aliphatic rings. The summed E-state index contributed by atoms with van der Waals surface area (Å²) in [6.45, 7) is 5.30. The van der Waals surface area contributed by atoms with Crippen molar-refractivity contribution >= 4 is 24.8 Å². The average Bonchev–Trinajstić information content (AvgIpc) is 3.55. The molecule has 186 valence electrons. The van der Waals surface area contributed by atoms with Gasteiger partial charge in [-0.05, 0) is 57.8 Å². The number of allylic oxidation sites excluding steroid dienone is 2. The number of carbonyl (C=O) groups is 4. The molecule has 2 heterocycles. The van der Waals surface area contributed by atoms with Gasteiger partial charge in [0, 0.05) is 39.0 Å². The Balaban J connectivity index is 0.000000331. The number of rotatable bonds is 15. The molecule has 0 aromatic heterocycles. The maximum Gasteiger partial charge on any atom is 0.293 e. The summed E-state index contributed by atoms with van der Waals surface area (Å²) in [5.74, 6) is 0.575. The highest BCUT2D eigenvalue weighted by atomic mass is 16.5. The SMILES string of the molecule is O=COC/C=C/CCCC(=O)N1CCCC1.O=COC/C=C/CCCCC(=O)N1CCCC1. The van der Waals surface area contributed by atoms with E-state index in [-0.39, 0.29) is 5.91 Å². The Morgan fingerprint density at radius 2 is 1.03 bits per heavy atom. The maximum absolute atomic E-state index is 11.7. The molecule has 2 amide bonds. The van der Waals surface area contributed by atoms with Gasteiger partial charge in [0.1, 0.15) is 13.2 Å². The van der Waals surface area contributed by atoms with Crippen molar-refractivity contribution in [2.24, 2.45) is 0 Å². The van der Waals surface area contributed by atoms with Crippen LogP contribution < -0.4 is 0 Å². The second-order valence-corrected chi connectivity index (χ2v) is 8.12. The molecule has 0 bridgehead atoms. The second-order valence-electron chi connectivity index (χ2n) is 8.12. The molecule has 0 unspecified atom stereocenters. The molecule has 0 saturated carbocycles. The molecule has 0 N–H and O–H groups in total. The lowest BCUT2D eigenvalue weighted by Gasteiger charge is -2.14. The number of amides is 2. The molecule has 0 spiro atoms. The molecule has 2 aliphatic heterocycles. The normalized spacial score (nSPS) is 15.5. The summed E-state index contributed by atoms with van der Waals surface area (Å²) < 4.78 is 9.02. The molecule has 0 aromatic carbocycles. The van der Waals surface area contributed by atoms with Crippen molar-refractivity contribution in [2.45, 2.75) is 70.6 Å². The highest BCUT2D eigenvalue weighted by molar-refractivity contribution is 5.76. The van der Waals surface area contributed by atoms with Gasteiger partial charge in [0.05, 0.1) is 0 Å². The lowest BCUT2D eigenvalue weighted by molar-refractivity contribution is -0.131. The van der Waals surface area contributed by atoms with Crippen molar-refractivity contribution < 1.29 is 28.7 Å². The fourth-order valence-electron chi connectivity index (χ4n) is 3.72. The van der Waals surface area contributed by atoms with Gasteiger partial charge in [-0.15, -0.1) is 0 Å². The first-order valence-corrected chi connectivity index (χ1v) is 12.1. The molecular weight excluding hydrogens is 424 g/mol. The monoisotopic (exact) mass is 464 g/mol. The van der Waals surface area contributed by atoms with Crippen LogP contribution in [0.5, 0.6) is 0 Å². The summed E-state index contributed by atoms with van der Waals surface area (Å²) >= 11 is 0. The topological polar surface area (TPSA) is 93.2 Å². The molecule has 8 heteroatoms. The fourth-order valence-corrected chi connectivity index (χ4v) is 3.72. The Morgan fingerprint density at radius 1 is 0.606 bits per heavy atom. The van der Waals surface area contributed by atoms with E-state index in [2.05, 4.69) is 9.47 Å². The third-order valence-corrected chi connectivity index (χ3v) is 5.54. The Morgan fingerprint density at radius 3 is 1.48 bits per heavy atom. The zero-order valence-electron chi connectivity index (χ0n) is 19.8. The van der Waals surface area contributed by atoms with Gasteiger partial charge in [0.15, 0.2) is 0 Å². The van der Waals surface area contributed by atoms with Gasteiger partial charge in [-0.1, -0.05) is 24.3 Å². The predicted octanol–water partition coefficient (Wildman–Crippen LogP) is 3.41. The van der Waals surface area contributed by atoms with Crippen molar-refractivity contribution in [2.75, 3.05) is 39.4 Å². The van der Waals surface area contributed by atoms with E-state index in [1.807, 2.05) is 28.0 Å². The first-order valence-electron chi connectivity index (χ1n) is 12.1. The van der Waals surface area contributed by atoms with E-state index in [1.165, 1.54) is 0 Å². The fraction of sp³-hybridized carbons (Fsp3) is 0.680. The van der Waals surface area contributed by atoms with Crippen LogP contribution in [0.2, 0.25) is 0 Å². The lowest BCUT2D eigenvalue weighted by Crippen LogP contribution is -2.27. The zero-order chi connectivity index (χ0) is 24.0. The second kappa shape index (κ2) is 20.0. The van der Waals surface area contributed by atoms with Crippen LogP contribution in [0.15, 0.2) is 24.3 Å². The standard InChI is InChI=1S/C13H21NO3.C12H19NO3/c15-12-17-11-7-3-1-2-4-8-13(16)14-9-5-6-10-14;14-11-16-10-6-2-1-3-7-12(15)13-8-4-5-9-13/h3,7,12H,1-2,4-6,8-11H2;2,6,11H,1,3-5,7-10H2/b7-3+;6-2+. The van der Waals surface area contributed by atoms with E-state index in [9.17, 15) is 19.2 Å². The van der Waals surface area contributed by atoms with Crippen molar-refractivity contribution in [1.82, 2.24) is 9.80 Å². The highest BCUT2D eigenvalue weighted by Gasteiger charge is 2.17. The van der Waals surface area contributed by atoms with Crippen LogP contribution in [0.3, 0.4) is 0 Å². The van der Waals surface area contributed by atoms with Crippen molar-refractivity contribution in [1.29, 1.82) is 0 Å². The van der Waals surface area contributed by atoms with Crippen LogP contribution in [0, 0.1) is 0 Å². The smallest absolute Gasteiger partial charge is 0.293 e. The van der Waals surface area contributed by atoms with Crippen molar-refractivity contribution in [3.63, 3.8) is 0 Å². The highest BCUT2D eigenvalue weighted by Crippen LogP contribution is 2.12. The van der Waals surface area contributed by atoms with Gasteiger partial charge < -0.3 is 19.3 Å². The first-order chi connectivity index (χ1) is 16.2. The number of likely N-dealkylation sites (tertiary alicyclic amines) is 2. The van der Waals surface area contributed by atoms with Crippen LogP contribution in [0.1, 0.15) is 70.6 Å². The molecule has 2 rings (SSSR count). The quantitative estimate of drug-likeness (QED) is 0.209. The van der Waals surface area contributed by atoms with E-state index in [1.54, 1.807) is 6.08 Å². The van der Waals surface area contributed by atoms with Gasteiger partial charge in [-0.2, -0.15) is 0 Å². The molecule has 2 fully saturated rings. The molecular formula is C25H40N2O6. The average molecular weight is 465 g/mol. The minimum atomic E-state index is 0.273. The number of carbonyl (C=O) groups excluding carboxylic acids is 4. The van der Waals surface area contributed by atoms with Gasteiger partial charge in [-0.3, -0.25) is 19.2 Å². The summed E-state index contributed by atoms with van der Waals surface area (Å²) in [5.41, 5.74) is 0. The summed E-state index contributed by atoms with van der Waals surface area (Å²) in [6.07, 6.45) is 18.1. The molecule has 0 atom stereocenters. The van der Waals surface area contributed by atoms with Gasteiger partial charge in [0.2, 0.25) is 11.8 Å². The predicted molar refractivity (Wildman–Crippen MR) is 126 cm³/mol. The molecule has 0 aliphatic carbocycles. The van der Waals surface area contributed by atoms with E-state index >= 15 is 0 Å². The van der Waals surface area contributed by atoms with Crippen molar-refractivity contribution in [3.8, 4) is 0 Å². The van der Waals surface area contributed by atoms with E-state index < -0.39 is 0 Å². The summed E-state index contributed by atoms with van der Waals surface area (Å²) in [5, 5.41) is 0. The molecule has 8 nitrogen and oxygen atoms in total. The van der Waals surface area contributed by atoms with Crippen LogP contribution in [-0.2, 0) is 28.7 Å². The minimum Gasteiger partial charge on any atom is -0.464 e. The Kier molecular flexibility index (Phi) is 17.2. The van der Waals surface area contributed by atoms with Crippen LogP contribution in [0.4, 0.5) is 0 Å². The Bertz CT molecular complexity index is 608. The molecule has 2 saturated heterocycles. The van der Waals surface area contributed by atoms with E-state index in [0.29, 0.717) is 44.9 Å². The first kappa shape index (κ1) is 28.4. The largest absolute Gasteiger partial charge is 0.464 e. The molecule has 33 heavy (non-hydrogen) atoms. The number of hydrogen-bond donors (Lipinski definition) is 0. The maximum atomic E-state index is 11.7. The van der Waals surface area contributed by atoms with Crippen molar-refractivity contribution in [3.05, 3.63) is 24.3 Å². The number of ether oxygens (including phenoxy) is 2. The van der Waals surface area contributed by atoms with Crippen LogP contribution in [-0.4, -0.2) is 74.0 Å². The lowest BCUT2D eigenvalue weighted by atomic mass is 10.1. The van der Waals surface area contributed by atoms with Gasteiger partial charge in [0.25, 0.3) is 12.9 Å². The Labute approximate surface area is 198 Å². The zero-order valence-corrected chi connectivity index (χ0v) is 19.8. The summed E-state index contributed by atoms with van der Waals surface area (Å²) in [6, 6.07) is 0. The number of hydrogen-bond acceptors (Lipinski definition) is 6. The minimum absolute atomic E-state index is 0.273. The third-order valence-electron chi connectivity index (χ3n) is 5.54. The number of unbranched alkanes of at least 4 members (excludes halogenated alkanes) is 3. The van der Waals surface area contributed by atoms with Gasteiger partial charge in [-0.25, -0.2) is 0 Å². The number of nitrogens with zero attached hydrogens (tertiary/aromatic N) is 2. The van der Waals surface area contributed by atoms with E-state index in [0.717, 1.165) is 84.0 Å². The molecule has 0 radical (unpaired) electrons. The third kappa shape index (κ3) is 14.9. The van der Waals surface area contributed by atoms with Crippen LogP contribution in [0.25, 0.3) is 0 Å². The summed E-state index contributed by atoms with van der Waals surface area (Å²) in [7, 11) is 0. The summed E-state index contributed by atoms with van der Waals surface area (Å²) in [4.78, 5) is 46.9. The van der Waals surface area contributed by atoms with E-state index in [4.69, 9.17) is 0 Å². The van der Waals surface area contributed by atoms with Crippen LogP contribution >= 0.6 is 0 Å². The van der Waals surface area contributed by atoms with Gasteiger partial charge >= 0.3 is 0 Å². The Hall–Kier alpha value is -2.64. The molecule has 0 aromatic rings.